The summed E-state index contributed by atoms with van der Waals surface area (Å²) >= 11 is 1.16. The Hall–Kier alpha value is -2.61. The molecule has 0 saturated heterocycles. The standard InChI is InChI=1S/C17H21N3O4S/c1-11-12(2)20(19-13-8-6-5-7-9-13)17(18-11)25-14(16(22)24-4)10-15(21)23-3/h5-10,17-19H,1-4H3/b14-10+. The highest BCUT2D eigenvalue weighted by Gasteiger charge is 2.30. The number of carbonyl (C=O) groups excluding carboxylic acids is 2. The van der Waals surface area contributed by atoms with E-state index in [1.807, 2.05) is 49.2 Å². The number of thioether (sulfide) groups is 1. The summed E-state index contributed by atoms with van der Waals surface area (Å²) in [6.45, 7) is 3.90. The van der Waals surface area contributed by atoms with Gasteiger partial charge in [0.25, 0.3) is 0 Å². The Morgan fingerprint density at radius 1 is 1.20 bits per heavy atom. The van der Waals surface area contributed by atoms with E-state index in [0.29, 0.717) is 0 Å². The van der Waals surface area contributed by atoms with Gasteiger partial charge < -0.3 is 14.8 Å². The number of esters is 2. The van der Waals surface area contributed by atoms with Crippen molar-refractivity contribution in [3.05, 3.63) is 52.7 Å². The number of hydrogen-bond acceptors (Lipinski definition) is 8. The maximum atomic E-state index is 12.0. The van der Waals surface area contributed by atoms with E-state index in [1.54, 1.807) is 0 Å². The van der Waals surface area contributed by atoms with E-state index in [0.717, 1.165) is 34.9 Å². The largest absolute Gasteiger partial charge is 0.466 e. The number of benzene rings is 1. The second-order valence-electron chi connectivity index (χ2n) is 5.20. The van der Waals surface area contributed by atoms with E-state index in [9.17, 15) is 9.59 Å². The first-order valence-electron chi connectivity index (χ1n) is 7.55. The quantitative estimate of drug-likeness (QED) is 0.589. The van der Waals surface area contributed by atoms with Gasteiger partial charge in [0.15, 0.2) is 5.50 Å². The van der Waals surface area contributed by atoms with Crippen molar-refractivity contribution in [2.24, 2.45) is 0 Å². The van der Waals surface area contributed by atoms with Gasteiger partial charge in [-0.3, -0.25) is 10.4 Å². The summed E-state index contributed by atoms with van der Waals surface area (Å²) in [4.78, 5) is 23.7. The van der Waals surface area contributed by atoms with E-state index in [1.165, 1.54) is 14.2 Å². The normalized spacial score (nSPS) is 17.2. The van der Waals surface area contributed by atoms with Gasteiger partial charge in [0.2, 0.25) is 0 Å². The van der Waals surface area contributed by atoms with Crippen LogP contribution in [-0.4, -0.2) is 36.7 Å². The summed E-state index contributed by atoms with van der Waals surface area (Å²) < 4.78 is 9.37. The highest BCUT2D eigenvalue weighted by Crippen LogP contribution is 2.32. The van der Waals surface area contributed by atoms with Gasteiger partial charge in [-0.2, -0.15) is 0 Å². The van der Waals surface area contributed by atoms with Crippen LogP contribution in [0.2, 0.25) is 0 Å². The average Bonchev–Trinajstić information content (AvgIpc) is 2.88. The van der Waals surface area contributed by atoms with Crippen LogP contribution >= 0.6 is 11.8 Å². The smallest absolute Gasteiger partial charge is 0.344 e. The number of methoxy groups -OCH3 is 2. The third kappa shape index (κ3) is 4.69. The van der Waals surface area contributed by atoms with Crippen molar-refractivity contribution >= 4 is 29.4 Å². The van der Waals surface area contributed by atoms with Gasteiger partial charge in [-0.1, -0.05) is 30.0 Å². The predicted molar refractivity (Wildman–Crippen MR) is 96.9 cm³/mol. The van der Waals surface area contributed by atoms with Crippen molar-refractivity contribution in [1.82, 2.24) is 10.3 Å². The molecule has 134 valence electrons. The molecule has 0 spiro atoms. The monoisotopic (exact) mass is 363 g/mol. The van der Waals surface area contributed by atoms with Crippen LogP contribution in [0.4, 0.5) is 5.69 Å². The molecule has 1 aliphatic rings. The zero-order valence-corrected chi connectivity index (χ0v) is 15.3. The molecule has 0 bridgehead atoms. The molecule has 1 unspecified atom stereocenters. The Morgan fingerprint density at radius 2 is 1.88 bits per heavy atom. The van der Waals surface area contributed by atoms with E-state index in [4.69, 9.17) is 4.74 Å². The van der Waals surface area contributed by atoms with Crippen LogP contribution in [0.3, 0.4) is 0 Å². The number of para-hydroxylation sites is 1. The SMILES string of the molecule is COC(=O)/C=C(/SC1NC(C)=C(C)N1Nc1ccccc1)C(=O)OC. The highest BCUT2D eigenvalue weighted by molar-refractivity contribution is 8.04. The number of carbonyl (C=O) groups is 2. The molecule has 1 heterocycles. The van der Waals surface area contributed by atoms with Crippen LogP contribution in [-0.2, 0) is 19.1 Å². The molecule has 0 radical (unpaired) electrons. The summed E-state index contributed by atoms with van der Waals surface area (Å²) in [5.74, 6) is -1.21. The third-order valence-corrected chi connectivity index (χ3v) is 4.67. The van der Waals surface area contributed by atoms with Crippen molar-refractivity contribution in [2.45, 2.75) is 19.3 Å². The van der Waals surface area contributed by atoms with Crippen LogP contribution in [0.25, 0.3) is 0 Å². The molecular weight excluding hydrogens is 342 g/mol. The van der Waals surface area contributed by atoms with Crippen LogP contribution in [0, 0.1) is 0 Å². The Kier molecular flexibility index (Phi) is 6.35. The minimum absolute atomic E-state index is 0.147. The molecule has 0 aliphatic carbocycles. The lowest BCUT2D eigenvalue weighted by atomic mass is 10.3. The lowest BCUT2D eigenvalue weighted by molar-refractivity contribution is -0.137. The van der Waals surface area contributed by atoms with Crippen molar-refractivity contribution < 1.29 is 19.1 Å². The molecule has 1 aromatic rings. The molecule has 0 aromatic heterocycles. The second-order valence-corrected chi connectivity index (χ2v) is 6.32. The van der Waals surface area contributed by atoms with Crippen LogP contribution in [0.15, 0.2) is 52.7 Å². The van der Waals surface area contributed by atoms with Crippen molar-refractivity contribution in [3.8, 4) is 0 Å². The average molecular weight is 363 g/mol. The summed E-state index contributed by atoms with van der Waals surface area (Å²) in [5.41, 5.74) is 5.80. The molecule has 1 aromatic carbocycles. The van der Waals surface area contributed by atoms with Gasteiger partial charge in [-0.05, 0) is 26.0 Å². The number of allylic oxidation sites excluding steroid dienone is 2. The van der Waals surface area contributed by atoms with E-state index in [-0.39, 0.29) is 10.4 Å². The minimum Gasteiger partial charge on any atom is -0.466 e. The lowest BCUT2D eigenvalue weighted by Gasteiger charge is -2.29. The molecular formula is C17H21N3O4S. The number of hydrogen-bond donors (Lipinski definition) is 2. The van der Waals surface area contributed by atoms with Crippen LogP contribution in [0.5, 0.6) is 0 Å². The van der Waals surface area contributed by atoms with E-state index in [2.05, 4.69) is 15.5 Å². The zero-order valence-electron chi connectivity index (χ0n) is 14.5. The van der Waals surface area contributed by atoms with Crippen molar-refractivity contribution in [3.63, 3.8) is 0 Å². The van der Waals surface area contributed by atoms with Crippen molar-refractivity contribution in [1.29, 1.82) is 0 Å². The van der Waals surface area contributed by atoms with Gasteiger partial charge in [0, 0.05) is 11.8 Å². The first-order chi connectivity index (χ1) is 12.0. The van der Waals surface area contributed by atoms with Crippen LogP contribution < -0.4 is 10.7 Å². The molecule has 7 nitrogen and oxygen atoms in total. The molecule has 0 amide bonds. The van der Waals surface area contributed by atoms with Gasteiger partial charge in [-0.25, -0.2) is 9.59 Å². The predicted octanol–water partition coefficient (Wildman–Crippen LogP) is 2.42. The topological polar surface area (TPSA) is 79.9 Å². The van der Waals surface area contributed by atoms with E-state index >= 15 is 0 Å². The Morgan fingerprint density at radius 3 is 2.48 bits per heavy atom. The number of ether oxygens (including phenoxy) is 2. The molecule has 0 saturated carbocycles. The molecule has 2 rings (SSSR count). The number of rotatable bonds is 6. The van der Waals surface area contributed by atoms with Crippen LogP contribution in [0.1, 0.15) is 13.8 Å². The maximum Gasteiger partial charge on any atom is 0.344 e. The number of hydrazine groups is 1. The summed E-state index contributed by atoms with van der Waals surface area (Å²) in [6, 6.07) is 9.66. The lowest BCUT2D eigenvalue weighted by Crippen LogP contribution is -2.38. The summed E-state index contributed by atoms with van der Waals surface area (Å²) in [6.07, 6.45) is 1.13. The molecule has 2 N–H and O–H groups in total. The van der Waals surface area contributed by atoms with E-state index < -0.39 is 11.9 Å². The first-order valence-corrected chi connectivity index (χ1v) is 8.43. The fourth-order valence-corrected chi connectivity index (χ4v) is 3.25. The fourth-order valence-electron chi connectivity index (χ4n) is 2.12. The molecule has 8 heteroatoms. The first kappa shape index (κ1) is 18.7. The fraction of sp³-hybridized carbons (Fsp3) is 0.294. The Labute approximate surface area is 151 Å². The number of anilines is 1. The Bertz CT molecular complexity index is 703. The van der Waals surface area contributed by atoms with Crippen molar-refractivity contribution in [2.75, 3.05) is 19.6 Å². The molecule has 1 atom stereocenters. The molecule has 1 aliphatic heterocycles. The minimum atomic E-state index is -0.616. The Balaban J connectivity index is 2.21. The molecule has 25 heavy (non-hydrogen) atoms. The van der Waals surface area contributed by atoms with Gasteiger partial charge in [0.1, 0.15) is 4.91 Å². The summed E-state index contributed by atoms with van der Waals surface area (Å²) in [5, 5.41) is 5.17. The van der Waals surface area contributed by atoms with Gasteiger partial charge in [-0.15, -0.1) is 0 Å². The maximum absolute atomic E-state index is 12.0. The third-order valence-electron chi connectivity index (χ3n) is 3.58. The second kappa shape index (κ2) is 8.48. The summed E-state index contributed by atoms with van der Waals surface area (Å²) in [7, 11) is 2.52. The van der Waals surface area contributed by atoms with Gasteiger partial charge >= 0.3 is 11.9 Å². The van der Waals surface area contributed by atoms with Gasteiger partial charge in [0.05, 0.1) is 25.6 Å². The zero-order chi connectivity index (χ0) is 18.4. The highest BCUT2D eigenvalue weighted by atomic mass is 32.2. The molecule has 0 fully saturated rings. The number of nitrogens with one attached hydrogen (secondary N) is 2. The number of nitrogens with zero attached hydrogens (tertiary/aromatic N) is 1.